The molecule has 0 radical (unpaired) electrons. The summed E-state index contributed by atoms with van der Waals surface area (Å²) in [4.78, 5) is 23.3. The van der Waals surface area contributed by atoms with Gasteiger partial charge in [-0.3, -0.25) is 10.1 Å². The van der Waals surface area contributed by atoms with Crippen LogP contribution in [0.2, 0.25) is 0 Å². The number of amides is 3. The van der Waals surface area contributed by atoms with Gasteiger partial charge in [-0.25, -0.2) is 8.72 Å². The molecule has 2 rings (SSSR count). The normalized spacial score (nSPS) is 23.8. The van der Waals surface area contributed by atoms with E-state index < -0.39 is 11.6 Å². The average Bonchev–Trinajstić information content (AvgIpc) is 2.54. The molecule has 0 aliphatic carbocycles. The number of rotatable bonds is 2. The van der Waals surface area contributed by atoms with E-state index >= 15 is 0 Å². The van der Waals surface area contributed by atoms with Gasteiger partial charge in [0.15, 0.2) is 5.54 Å². The fourth-order valence-electron chi connectivity index (χ4n) is 1.75. The zero-order valence-electron chi connectivity index (χ0n) is 9.24. The molecule has 0 aromatic heterocycles. The molecule has 0 bridgehead atoms. The minimum atomic E-state index is -1.02. The largest absolute Gasteiger partial charge is 0.335 e. The van der Waals surface area contributed by atoms with Crippen molar-refractivity contribution in [2.75, 3.05) is 0 Å². The van der Waals surface area contributed by atoms with Crippen LogP contribution in [0.3, 0.4) is 0 Å². The van der Waals surface area contributed by atoms with E-state index in [2.05, 4.69) is 28.0 Å². The highest BCUT2D eigenvalue weighted by Gasteiger charge is 2.49. The molecular weight excluding hydrogens is 284 g/mol. The maximum atomic E-state index is 11.8. The number of carbonyl (C=O) groups is 2. The van der Waals surface area contributed by atoms with Crippen LogP contribution in [-0.2, 0) is 10.3 Å². The third kappa shape index (κ3) is 1.67. The lowest BCUT2D eigenvalue weighted by Gasteiger charge is -2.26. The van der Waals surface area contributed by atoms with Gasteiger partial charge in [0.2, 0.25) is 0 Å². The molecule has 0 spiro atoms. The van der Waals surface area contributed by atoms with E-state index in [0.29, 0.717) is 0 Å². The van der Waals surface area contributed by atoms with Crippen molar-refractivity contribution < 1.29 is 9.59 Å². The summed E-state index contributed by atoms with van der Waals surface area (Å²) < 4.78 is 1.23. The van der Waals surface area contributed by atoms with Gasteiger partial charge in [-0.2, -0.15) is 0 Å². The highest BCUT2D eigenvalue weighted by atomic mass is 79.9. The Morgan fingerprint density at radius 1 is 1.35 bits per heavy atom. The third-order valence-electron chi connectivity index (χ3n) is 2.94. The predicted molar refractivity (Wildman–Crippen MR) is 68.2 cm³/mol. The summed E-state index contributed by atoms with van der Waals surface area (Å²) in [6.45, 7) is 5.35. The Bertz CT molecular complexity index is 498. The van der Waals surface area contributed by atoms with E-state index in [1.165, 1.54) is 3.93 Å². The number of benzene rings is 1. The van der Waals surface area contributed by atoms with Crippen molar-refractivity contribution in [2.24, 2.45) is 0 Å². The van der Waals surface area contributed by atoms with Gasteiger partial charge >= 0.3 is 6.03 Å². The van der Waals surface area contributed by atoms with Crippen LogP contribution in [0.4, 0.5) is 4.79 Å². The standard InChI is InChI=1S/C12H11BrN2O2/c1-3-8-4-6-9(7-5-8)12(2)10(16)14-11(17)15(12)13/h3-7H,1H2,2H3,(H,14,16,17). The molecular formula is C12H11BrN2O2. The second-order valence-corrected chi connectivity index (χ2v) is 4.65. The number of nitrogens with zero attached hydrogens (tertiary/aromatic N) is 1. The van der Waals surface area contributed by atoms with Crippen LogP contribution in [0.1, 0.15) is 18.1 Å². The van der Waals surface area contributed by atoms with E-state index in [1.807, 2.05) is 24.3 Å². The van der Waals surface area contributed by atoms with Crippen molar-refractivity contribution in [3.05, 3.63) is 42.0 Å². The van der Waals surface area contributed by atoms with Gasteiger partial charge in [-0.15, -0.1) is 0 Å². The molecule has 1 aromatic rings. The van der Waals surface area contributed by atoms with Gasteiger partial charge in [-0.05, 0) is 18.1 Å². The van der Waals surface area contributed by atoms with Crippen LogP contribution in [0.25, 0.3) is 6.08 Å². The van der Waals surface area contributed by atoms with E-state index in [-0.39, 0.29) is 5.91 Å². The summed E-state index contributed by atoms with van der Waals surface area (Å²) in [7, 11) is 0. The van der Waals surface area contributed by atoms with Crippen molar-refractivity contribution in [1.29, 1.82) is 0 Å². The van der Waals surface area contributed by atoms with Gasteiger partial charge in [0.1, 0.15) is 0 Å². The summed E-state index contributed by atoms with van der Waals surface area (Å²) >= 11 is 3.12. The molecule has 17 heavy (non-hydrogen) atoms. The molecule has 4 nitrogen and oxygen atoms in total. The summed E-state index contributed by atoms with van der Waals surface area (Å²) in [5, 5.41) is 2.27. The first kappa shape index (κ1) is 11.9. The molecule has 88 valence electrons. The Balaban J connectivity index is 2.47. The molecule has 1 fully saturated rings. The zero-order chi connectivity index (χ0) is 12.6. The van der Waals surface area contributed by atoms with Crippen molar-refractivity contribution in [3.8, 4) is 0 Å². The Kier molecular flexibility index (Phi) is 2.79. The SMILES string of the molecule is C=Cc1ccc(C2(C)C(=O)NC(=O)N2Br)cc1. The lowest BCUT2D eigenvalue weighted by Crippen LogP contribution is -2.38. The van der Waals surface area contributed by atoms with Crippen molar-refractivity contribution in [3.63, 3.8) is 0 Å². The van der Waals surface area contributed by atoms with Gasteiger partial charge < -0.3 is 0 Å². The maximum Gasteiger partial charge on any atom is 0.335 e. The maximum absolute atomic E-state index is 11.8. The number of halogens is 1. The highest BCUT2D eigenvalue weighted by molar-refractivity contribution is 9.07. The van der Waals surface area contributed by atoms with Gasteiger partial charge in [0.25, 0.3) is 5.91 Å². The molecule has 1 heterocycles. The molecule has 1 aliphatic rings. The third-order valence-corrected chi connectivity index (χ3v) is 3.97. The molecule has 1 N–H and O–H groups in total. The summed E-state index contributed by atoms with van der Waals surface area (Å²) in [6.07, 6.45) is 1.72. The van der Waals surface area contributed by atoms with Crippen LogP contribution in [0.15, 0.2) is 30.8 Å². The molecule has 0 saturated carbocycles. The smallest absolute Gasteiger partial charge is 0.275 e. The highest BCUT2D eigenvalue weighted by Crippen LogP contribution is 2.35. The predicted octanol–water partition coefficient (Wildman–Crippen LogP) is 2.41. The van der Waals surface area contributed by atoms with Crippen molar-refractivity contribution in [2.45, 2.75) is 12.5 Å². The Morgan fingerprint density at radius 2 is 1.94 bits per heavy atom. The molecule has 1 saturated heterocycles. The number of carbonyl (C=O) groups excluding carboxylic acids is 2. The quantitative estimate of drug-likeness (QED) is 0.673. The second-order valence-electron chi connectivity index (χ2n) is 3.94. The molecule has 1 unspecified atom stereocenters. The summed E-state index contributed by atoms with van der Waals surface area (Å²) in [6, 6.07) is 6.87. The number of urea groups is 1. The van der Waals surface area contributed by atoms with Crippen LogP contribution in [-0.4, -0.2) is 15.9 Å². The lowest BCUT2D eigenvalue weighted by molar-refractivity contribution is -0.124. The second kappa shape index (κ2) is 4.00. The van der Waals surface area contributed by atoms with Crippen LogP contribution in [0.5, 0.6) is 0 Å². The van der Waals surface area contributed by atoms with Gasteiger partial charge in [0, 0.05) is 0 Å². The monoisotopic (exact) mass is 294 g/mol. The fourth-order valence-corrected chi connectivity index (χ4v) is 2.20. The summed E-state index contributed by atoms with van der Waals surface area (Å²) in [5.74, 6) is -0.342. The van der Waals surface area contributed by atoms with Crippen molar-refractivity contribution in [1.82, 2.24) is 9.24 Å². The first-order valence-electron chi connectivity index (χ1n) is 5.04. The minimum absolute atomic E-state index is 0.342. The first-order chi connectivity index (χ1) is 8.00. The molecule has 1 aromatic carbocycles. The Labute approximate surface area is 108 Å². The number of hydrogen-bond donors (Lipinski definition) is 1. The van der Waals surface area contributed by atoms with E-state index in [9.17, 15) is 9.59 Å². The lowest BCUT2D eigenvalue weighted by atomic mass is 9.91. The van der Waals surface area contributed by atoms with E-state index in [4.69, 9.17) is 0 Å². The zero-order valence-corrected chi connectivity index (χ0v) is 10.8. The topological polar surface area (TPSA) is 49.4 Å². The molecule has 5 heteroatoms. The summed E-state index contributed by atoms with van der Waals surface area (Å²) in [5.41, 5.74) is 0.683. The first-order valence-corrected chi connectivity index (χ1v) is 5.75. The van der Waals surface area contributed by atoms with Crippen molar-refractivity contribution >= 4 is 34.2 Å². The minimum Gasteiger partial charge on any atom is -0.275 e. The number of imide groups is 1. The van der Waals surface area contributed by atoms with Crippen LogP contribution >= 0.6 is 16.1 Å². The molecule has 1 atom stereocenters. The Morgan fingerprint density at radius 3 is 2.35 bits per heavy atom. The number of hydrogen-bond acceptors (Lipinski definition) is 2. The molecule has 1 aliphatic heterocycles. The fraction of sp³-hybridized carbons (Fsp3) is 0.167. The average molecular weight is 295 g/mol. The Hall–Kier alpha value is -1.62. The van der Waals surface area contributed by atoms with Gasteiger partial charge in [-0.1, -0.05) is 36.9 Å². The van der Waals surface area contributed by atoms with Gasteiger partial charge in [0.05, 0.1) is 16.1 Å². The molecule has 3 amide bonds. The van der Waals surface area contributed by atoms with E-state index in [1.54, 1.807) is 13.0 Å². The van der Waals surface area contributed by atoms with Crippen LogP contribution < -0.4 is 5.32 Å². The van der Waals surface area contributed by atoms with E-state index in [0.717, 1.165) is 11.1 Å². The number of nitrogens with one attached hydrogen (secondary N) is 1. The van der Waals surface area contributed by atoms with Crippen LogP contribution in [0, 0.1) is 0 Å².